The van der Waals surface area contributed by atoms with Crippen molar-refractivity contribution < 1.29 is 0 Å². The lowest BCUT2D eigenvalue weighted by Crippen LogP contribution is -2.22. The van der Waals surface area contributed by atoms with Crippen LogP contribution in [0, 0.1) is 0 Å². The zero-order valence-electron chi connectivity index (χ0n) is 11.5. The highest BCUT2D eigenvalue weighted by molar-refractivity contribution is 5.26. The molecule has 1 unspecified atom stereocenters. The van der Waals surface area contributed by atoms with Crippen molar-refractivity contribution in [3.63, 3.8) is 0 Å². The first-order valence-electron chi connectivity index (χ1n) is 6.99. The van der Waals surface area contributed by atoms with Crippen molar-refractivity contribution in [3.8, 4) is 0 Å². The van der Waals surface area contributed by atoms with E-state index in [9.17, 15) is 0 Å². The molecule has 1 N–H and O–H groups in total. The van der Waals surface area contributed by atoms with Crippen LogP contribution in [-0.2, 0) is 6.42 Å². The Hall–Kier alpha value is -0.890. The normalized spacial score (nSPS) is 12.6. The number of aromatic nitrogens is 1. The van der Waals surface area contributed by atoms with E-state index in [1.807, 2.05) is 12.4 Å². The van der Waals surface area contributed by atoms with Gasteiger partial charge in [-0.2, -0.15) is 0 Å². The third kappa shape index (κ3) is 4.47. The van der Waals surface area contributed by atoms with Gasteiger partial charge >= 0.3 is 0 Å². The summed E-state index contributed by atoms with van der Waals surface area (Å²) in [6, 6.07) is 2.68. The SMILES string of the molecule is CCCCCC(NCC)c1ccncc1CC. The molecule has 96 valence electrons. The molecule has 1 aromatic rings. The predicted octanol–water partition coefficient (Wildman–Crippen LogP) is 3.87. The molecule has 1 rings (SSSR count). The van der Waals surface area contributed by atoms with Crippen LogP contribution in [0.3, 0.4) is 0 Å². The number of aryl methyl sites for hydroxylation is 1. The Kier molecular flexibility index (Phi) is 6.87. The van der Waals surface area contributed by atoms with Crippen molar-refractivity contribution in [2.75, 3.05) is 6.54 Å². The lowest BCUT2D eigenvalue weighted by Gasteiger charge is -2.20. The Bertz CT molecular complexity index is 310. The van der Waals surface area contributed by atoms with Crippen LogP contribution in [0.5, 0.6) is 0 Å². The third-order valence-electron chi connectivity index (χ3n) is 3.24. The first-order valence-corrected chi connectivity index (χ1v) is 6.99. The standard InChI is InChI=1S/C15H26N2/c1-4-7-8-9-15(17-6-3)14-10-11-16-12-13(14)5-2/h10-12,15,17H,4-9H2,1-3H3. The molecule has 0 radical (unpaired) electrons. The van der Waals surface area contributed by atoms with Gasteiger partial charge in [0.1, 0.15) is 0 Å². The number of hydrogen-bond donors (Lipinski definition) is 1. The molecular weight excluding hydrogens is 208 g/mol. The van der Waals surface area contributed by atoms with Gasteiger partial charge in [0.15, 0.2) is 0 Å². The molecule has 1 heterocycles. The summed E-state index contributed by atoms with van der Waals surface area (Å²) >= 11 is 0. The average Bonchev–Trinajstić information content (AvgIpc) is 2.38. The Morgan fingerprint density at radius 2 is 2.06 bits per heavy atom. The predicted molar refractivity (Wildman–Crippen MR) is 74.2 cm³/mol. The number of unbranched alkanes of at least 4 members (excludes halogenated alkanes) is 2. The van der Waals surface area contributed by atoms with Crippen molar-refractivity contribution >= 4 is 0 Å². The molecule has 0 bridgehead atoms. The molecule has 0 fully saturated rings. The van der Waals surface area contributed by atoms with Crippen LogP contribution in [0.4, 0.5) is 0 Å². The summed E-state index contributed by atoms with van der Waals surface area (Å²) in [5.74, 6) is 0. The van der Waals surface area contributed by atoms with E-state index in [0.29, 0.717) is 6.04 Å². The van der Waals surface area contributed by atoms with Gasteiger partial charge < -0.3 is 5.32 Å². The second-order valence-corrected chi connectivity index (χ2v) is 4.53. The fourth-order valence-corrected chi connectivity index (χ4v) is 2.29. The van der Waals surface area contributed by atoms with Crippen LogP contribution in [0.2, 0.25) is 0 Å². The van der Waals surface area contributed by atoms with Gasteiger partial charge in [-0.15, -0.1) is 0 Å². The van der Waals surface area contributed by atoms with Gasteiger partial charge in [-0.05, 0) is 36.6 Å². The lowest BCUT2D eigenvalue weighted by molar-refractivity contribution is 0.483. The largest absolute Gasteiger partial charge is 0.310 e. The molecule has 0 aliphatic rings. The number of pyridine rings is 1. The van der Waals surface area contributed by atoms with Crippen LogP contribution in [-0.4, -0.2) is 11.5 Å². The minimum atomic E-state index is 0.504. The molecule has 0 saturated heterocycles. The first kappa shape index (κ1) is 14.2. The number of nitrogens with zero attached hydrogens (tertiary/aromatic N) is 1. The quantitative estimate of drug-likeness (QED) is 0.691. The molecule has 1 aromatic heterocycles. The highest BCUT2D eigenvalue weighted by Crippen LogP contribution is 2.23. The molecule has 0 aliphatic heterocycles. The topological polar surface area (TPSA) is 24.9 Å². The fourth-order valence-electron chi connectivity index (χ4n) is 2.29. The van der Waals surface area contributed by atoms with Gasteiger partial charge in [0.25, 0.3) is 0 Å². The fraction of sp³-hybridized carbons (Fsp3) is 0.667. The van der Waals surface area contributed by atoms with Gasteiger partial charge in [0.05, 0.1) is 0 Å². The maximum absolute atomic E-state index is 4.23. The zero-order valence-corrected chi connectivity index (χ0v) is 11.5. The van der Waals surface area contributed by atoms with E-state index in [1.54, 1.807) is 0 Å². The van der Waals surface area contributed by atoms with Gasteiger partial charge in [0, 0.05) is 18.4 Å². The summed E-state index contributed by atoms with van der Waals surface area (Å²) in [6.07, 6.45) is 10.2. The molecule has 0 amide bonds. The molecule has 1 atom stereocenters. The van der Waals surface area contributed by atoms with Crippen LogP contribution in [0.25, 0.3) is 0 Å². The summed E-state index contributed by atoms with van der Waals surface area (Å²) in [4.78, 5) is 4.23. The van der Waals surface area contributed by atoms with E-state index in [-0.39, 0.29) is 0 Å². The molecule has 0 aliphatic carbocycles. The smallest absolute Gasteiger partial charge is 0.0323 e. The van der Waals surface area contributed by atoms with Gasteiger partial charge in [-0.3, -0.25) is 4.98 Å². The molecule has 2 heteroatoms. The summed E-state index contributed by atoms with van der Waals surface area (Å²) in [6.45, 7) is 7.67. The van der Waals surface area contributed by atoms with Crippen LogP contribution >= 0.6 is 0 Å². The van der Waals surface area contributed by atoms with E-state index in [2.05, 4.69) is 37.1 Å². The number of hydrogen-bond acceptors (Lipinski definition) is 2. The molecule has 0 spiro atoms. The Balaban J connectivity index is 2.73. The Morgan fingerprint density at radius 1 is 1.24 bits per heavy atom. The summed E-state index contributed by atoms with van der Waals surface area (Å²) < 4.78 is 0. The van der Waals surface area contributed by atoms with Crippen LogP contribution < -0.4 is 5.32 Å². The van der Waals surface area contributed by atoms with Gasteiger partial charge in [-0.25, -0.2) is 0 Å². The minimum Gasteiger partial charge on any atom is -0.310 e. The Labute approximate surface area is 106 Å². The van der Waals surface area contributed by atoms with Crippen molar-refractivity contribution in [2.24, 2.45) is 0 Å². The van der Waals surface area contributed by atoms with E-state index in [0.717, 1.165) is 13.0 Å². The van der Waals surface area contributed by atoms with Crippen LogP contribution in [0.15, 0.2) is 18.5 Å². The molecular formula is C15H26N2. The highest BCUT2D eigenvalue weighted by Gasteiger charge is 2.12. The van der Waals surface area contributed by atoms with E-state index in [1.165, 1.54) is 36.8 Å². The summed E-state index contributed by atoms with van der Waals surface area (Å²) in [7, 11) is 0. The van der Waals surface area contributed by atoms with Gasteiger partial charge in [0.2, 0.25) is 0 Å². The number of nitrogens with one attached hydrogen (secondary N) is 1. The first-order chi connectivity index (χ1) is 8.33. The lowest BCUT2D eigenvalue weighted by atomic mass is 9.96. The van der Waals surface area contributed by atoms with Gasteiger partial charge in [-0.1, -0.05) is 40.0 Å². The third-order valence-corrected chi connectivity index (χ3v) is 3.24. The summed E-state index contributed by atoms with van der Waals surface area (Å²) in [5.41, 5.74) is 2.83. The highest BCUT2D eigenvalue weighted by atomic mass is 14.9. The second-order valence-electron chi connectivity index (χ2n) is 4.53. The molecule has 2 nitrogen and oxygen atoms in total. The Morgan fingerprint density at radius 3 is 2.71 bits per heavy atom. The van der Waals surface area contributed by atoms with E-state index in [4.69, 9.17) is 0 Å². The minimum absolute atomic E-state index is 0.504. The zero-order chi connectivity index (χ0) is 12.5. The average molecular weight is 234 g/mol. The van der Waals surface area contributed by atoms with Crippen molar-refractivity contribution in [1.29, 1.82) is 0 Å². The number of rotatable bonds is 8. The molecule has 17 heavy (non-hydrogen) atoms. The van der Waals surface area contributed by atoms with E-state index < -0.39 is 0 Å². The monoisotopic (exact) mass is 234 g/mol. The molecule has 0 aromatic carbocycles. The van der Waals surface area contributed by atoms with Crippen molar-refractivity contribution in [1.82, 2.24) is 10.3 Å². The van der Waals surface area contributed by atoms with Crippen molar-refractivity contribution in [3.05, 3.63) is 29.6 Å². The maximum Gasteiger partial charge on any atom is 0.0323 e. The van der Waals surface area contributed by atoms with Crippen molar-refractivity contribution in [2.45, 2.75) is 58.9 Å². The maximum atomic E-state index is 4.23. The summed E-state index contributed by atoms with van der Waals surface area (Å²) in [5, 5.41) is 3.60. The van der Waals surface area contributed by atoms with Crippen LogP contribution in [0.1, 0.15) is 63.6 Å². The molecule has 0 saturated carbocycles. The van der Waals surface area contributed by atoms with E-state index >= 15 is 0 Å². The second kappa shape index (κ2) is 8.24.